The molecular formula is C7H11F2NO. The molecule has 1 fully saturated rings. The molecule has 0 aromatic carbocycles. The Labute approximate surface area is 64.0 Å². The summed E-state index contributed by atoms with van der Waals surface area (Å²) in [4.78, 5) is 11.0. The fourth-order valence-corrected chi connectivity index (χ4v) is 1.19. The highest BCUT2D eigenvalue weighted by Crippen LogP contribution is 2.30. The number of rotatable bonds is 0. The van der Waals surface area contributed by atoms with Gasteiger partial charge in [0.1, 0.15) is 0 Å². The van der Waals surface area contributed by atoms with Crippen molar-refractivity contribution >= 4 is 5.78 Å². The van der Waals surface area contributed by atoms with Gasteiger partial charge in [-0.15, -0.1) is 0 Å². The first-order chi connectivity index (χ1) is 4.86. The van der Waals surface area contributed by atoms with Crippen LogP contribution in [0.3, 0.4) is 0 Å². The van der Waals surface area contributed by atoms with E-state index in [0.29, 0.717) is 6.54 Å². The van der Waals surface area contributed by atoms with Gasteiger partial charge in [-0.05, 0) is 0 Å². The zero-order chi connectivity index (χ0) is 8.70. The molecule has 1 N–H and O–H groups in total. The number of hydrogen-bond donors (Lipinski definition) is 1. The number of nitrogens with one attached hydrogen (secondary N) is 1. The van der Waals surface area contributed by atoms with Gasteiger partial charge in [0, 0.05) is 12.0 Å². The van der Waals surface area contributed by atoms with Crippen LogP contribution < -0.4 is 5.32 Å². The number of ketones is 1. The molecule has 0 aromatic rings. The summed E-state index contributed by atoms with van der Waals surface area (Å²) in [6.07, 6.45) is 0. The molecule has 0 aromatic heterocycles. The van der Waals surface area contributed by atoms with E-state index < -0.39 is 23.7 Å². The van der Waals surface area contributed by atoms with Gasteiger partial charge in [0.25, 0.3) is 0 Å². The summed E-state index contributed by atoms with van der Waals surface area (Å²) in [5.41, 5.74) is -0.929. The largest absolute Gasteiger partial charge is 0.317 e. The molecule has 0 spiro atoms. The second kappa shape index (κ2) is 2.24. The summed E-state index contributed by atoms with van der Waals surface area (Å²) in [6, 6.07) is 0. The van der Waals surface area contributed by atoms with E-state index >= 15 is 0 Å². The maximum atomic E-state index is 12.7. The van der Waals surface area contributed by atoms with Gasteiger partial charge >= 0.3 is 5.92 Å². The number of hydrogen-bond acceptors (Lipinski definition) is 2. The molecule has 1 aliphatic heterocycles. The molecule has 1 rings (SSSR count). The maximum absolute atomic E-state index is 12.7. The predicted octanol–water partition coefficient (Wildman–Crippen LogP) is 0.820. The van der Waals surface area contributed by atoms with Gasteiger partial charge in [0.15, 0.2) is 0 Å². The Morgan fingerprint density at radius 3 is 2.27 bits per heavy atom. The summed E-state index contributed by atoms with van der Waals surface area (Å²) >= 11 is 0. The Kier molecular flexibility index (Phi) is 1.75. The van der Waals surface area contributed by atoms with E-state index in [1.165, 1.54) is 13.8 Å². The molecule has 0 saturated carbocycles. The van der Waals surface area contributed by atoms with Crippen LogP contribution in [0.2, 0.25) is 0 Å². The molecule has 1 saturated heterocycles. The SMILES string of the molecule is CC1(C)CNCC(F)(F)C1=O. The number of Topliss-reactive ketones (excluding diaryl/α,β-unsaturated/α-hetero) is 1. The van der Waals surface area contributed by atoms with Gasteiger partial charge in [-0.1, -0.05) is 13.8 Å². The first kappa shape index (κ1) is 8.59. The number of carbonyl (C=O) groups is 1. The van der Waals surface area contributed by atoms with Crippen LogP contribution in [0.4, 0.5) is 8.78 Å². The van der Waals surface area contributed by atoms with Gasteiger partial charge < -0.3 is 5.32 Å². The molecule has 1 aliphatic rings. The zero-order valence-electron chi connectivity index (χ0n) is 6.58. The van der Waals surface area contributed by atoms with Crippen molar-refractivity contribution in [2.45, 2.75) is 19.8 Å². The topological polar surface area (TPSA) is 29.1 Å². The van der Waals surface area contributed by atoms with E-state index in [-0.39, 0.29) is 0 Å². The van der Waals surface area contributed by atoms with Crippen LogP contribution in [0.5, 0.6) is 0 Å². The van der Waals surface area contributed by atoms with Crippen LogP contribution in [0.15, 0.2) is 0 Å². The quantitative estimate of drug-likeness (QED) is 0.572. The van der Waals surface area contributed by atoms with Crippen molar-refractivity contribution in [3.63, 3.8) is 0 Å². The van der Waals surface area contributed by atoms with Crippen LogP contribution in [-0.4, -0.2) is 24.8 Å². The Bertz CT molecular complexity index is 171. The van der Waals surface area contributed by atoms with Crippen LogP contribution >= 0.6 is 0 Å². The van der Waals surface area contributed by atoms with E-state index in [4.69, 9.17) is 0 Å². The highest BCUT2D eigenvalue weighted by atomic mass is 19.3. The second-order valence-corrected chi connectivity index (χ2v) is 3.52. The summed E-state index contributed by atoms with van der Waals surface area (Å²) in [5, 5.41) is 2.52. The standard InChI is InChI=1S/C7H11F2NO/c1-6(2)3-10-4-7(8,9)5(6)11/h10H,3-4H2,1-2H3. The van der Waals surface area contributed by atoms with Gasteiger partial charge in [0.2, 0.25) is 5.78 Å². The van der Waals surface area contributed by atoms with Crippen molar-refractivity contribution in [3.8, 4) is 0 Å². The molecule has 4 heteroatoms. The average molecular weight is 163 g/mol. The third-order valence-electron chi connectivity index (χ3n) is 1.86. The predicted molar refractivity (Wildman–Crippen MR) is 36.6 cm³/mol. The van der Waals surface area contributed by atoms with Crippen molar-refractivity contribution in [1.29, 1.82) is 0 Å². The lowest BCUT2D eigenvalue weighted by atomic mass is 9.82. The lowest BCUT2D eigenvalue weighted by Gasteiger charge is -2.33. The van der Waals surface area contributed by atoms with E-state index in [9.17, 15) is 13.6 Å². The van der Waals surface area contributed by atoms with Crippen molar-refractivity contribution in [3.05, 3.63) is 0 Å². The van der Waals surface area contributed by atoms with Crippen molar-refractivity contribution < 1.29 is 13.6 Å². The van der Waals surface area contributed by atoms with E-state index in [0.717, 1.165) is 0 Å². The second-order valence-electron chi connectivity index (χ2n) is 3.52. The lowest BCUT2D eigenvalue weighted by Crippen LogP contribution is -2.56. The zero-order valence-corrected chi connectivity index (χ0v) is 6.58. The highest BCUT2D eigenvalue weighted by Gasteiger charge is 2.49. The van der Waals surface area contributed by atoms with E-state index in [2.05, 4.69) is 5.32 Å². The van der Waals surface area contributed by atoms with E-state index in [1.54, 1.807) is 0 Å². The van der Waals surface area contributed by atoms with Gasteiger partial charge in [-0.25, -0.2) is 0 Å². The Hall–Kier alpha value is -0.510. The fourth-order valence-electron chi connectivity index (χ4n) is 1.19. The average Bonchev–Trinajstić information content (AvgIpc) is 1.82. The minimum Gasteiger partial charge on any atom is -0.310 e. The normalized spacial score (nSPS) is 28.5. The third-order valence-corrected chi connectivity index (χ3v) is 1.86. The van der Waals surface area contributed by atoms with Crippen LogP contribution in [-0.2, 0) is 4.79 Å². The first-order valence-corrected chi connectivity index (χ1v) is 3.50. The molecule has 11 heavy (non-hydrogen) atoms. The fraction of sp³-hybridized carbons (Fsp3) is 0.857. The van der Waals surface area contributed by atoms with Gasteiger partial charge in [-0.3, -0.25) is 4.79 Å². The smallest absolute Gasteiger partial charge is 0.310 e. The molecular weight excluding hydrogens is 152 g/mol. The number of piperidine rings is 1. The number of carbonyl (C=O) groups excluding carboxylic acids is 1. The highest BCUT2D eigenvalue weighted by molar-refractivity contribution is 5.91. The third kappa shape index (κ3) is 1.40. The Morgan fingerprint density at radius 2 is 1.91 bits per heavy atom. The molecule has 0 aliphatic carbocycles. The van der Waals surface area contributed by atoms with Gasteiger partial charge in [0.05, 0.1) is 6.54 Å². The van der Waals surface area contributed by atoms with Crippen LogP contribution in [0.25, 0.3) is 0 Å². The van der Waals surface area contributed by atoms with Crippen LogP contribution in [0.1, 0.15) is 13.8 Å². The minimum absolute atomic E-state index is 0.335. The van der Waals surface area contributed by atoms with Crippen LogP contribution in [0, 0.1) is 5.41 Å². The molecule has 64 valence electrons. The molecule has 0 radical (unpaired) electrons. The monoisotopic (exact) mass is 163 g/mol. The van der Waals surface area contributed by atoms with Crippen molar-refractivity contribution in [2.75, 3.05) is 13.1 Å². The summed E-state index contributed by atoms with van der Waals surface area (Å²) in [5.74, 6) is -4.13. The number of alkyl halides is 2. The molecule has 0 amide bonds. The number of halogens is 2. The Morgan fingerprint density at radius 1 is 1.36 bits per heavy atom. The summed E-state index contributed by atoms with van der Waals surface area (Å²) in [7, 11) is 0. The minimum atomic E-state index is -3.18. The first-order valence-electron chi connectivity index (χ1n) is 3.50. The van der Waals surface area contributed by atoms with Crippen molar-refractivity contribution in [1.82, 2.24) is 5.32 Å². The van der Waals surface area contributed by atoms with Gasteiger partial charge in [-0.2, -0.15) is 8.78 Å². The Balaban J connectivity index is 2.85. The summed E-state index contributed by atoms with van der Waals surface area (Å²) < 4.78 is 25.4. The molecule has 0 atom stereocenters. The molecule has 0 bridgehead atoms. The van der Waals surface area contributed by atoms with E-state index in [1.807, 2.05) is 0 Å². The van der Waals surface area contributed by atoms with Crippen molar-refractivity contribution in [2.24, 2.45) is 5.41 Å². The molecule has 0 unspecified atom stereocenters. The summed E-state index contributed by atoms with van der Waals surface area (Å²) in [6.45, 7) is 2.86. The molecule has 1 heterocycles. The maximum Gasteiger partial charge on any atom is 0.317 e. The molecule has 2 nitrogen and oxygen atoms in total. The lowest BCUT2D eigenvalue weighted by molar-refractivity contribution is -0.156.